The van der Waals surface area contributed by atoms with Gasteiger partial charge in [-0.2, -0.15) is 0 Å². The minimum atomic E-state index is 1.08. The summed E-state index contributed by atoms with van der Waals surface area (Å²) in [5.74, 6) is 0. The first-order chi connectivity index (χ1) is 33.2. The second-order valence-corrected chi connectivity index (χ2v) is 16.9. The summed E-state index contributed by atoms with van der Waals surface area (Å²) in [5, 5.41) is 0. The number of rotatable bonds is 11. The van der Waals surface area contributed by atoms with Crippen LogP contribution in [0.4, 0.5) is 17.1 Å². The molecular formula is C66H47N. The smallest absolute Gasteiger partial charge is 0.0468 e. The maximum Gasteiger partial charge on any atom is 0.0468 e. The molecule has 316 valence electrons. The molecule has 0 heterocycles. The van der Waals surface area contributed by atoms with Crippen molar-refractivity contribution in [3.8, 4) is 89.0 Å². The Balaban J connectivity index is 0.948. The number of anilines is 3. The van der Waals surface area contributed by atoms with E-state index in [-0.39, 0.29) is 0 Å². The van der Waals surface area contributed by atoms with Crippen molar-refractivity contribution in [3.63, 3.8) is 0 Å². The second-order valence-electron chi connectivity index (χ2n) is 16.9. The van der Waals surface area contributed by atoms with Crippen LogP contribution >= 0.6 is 0 Å². The molecule has 0 amide bonds. The van der Waals surface area contributed by atoms with E-state index >= 15 is 0 Å². The zero-order valence-electron chi connectivity index (χ0n) is 37.1. The van der Waals surface area contributed by atoms with E-state index in [0.29, 0.717) is 0 Å². The van der Waals surface area contributed by atoms with Crippen molar-refractivity contribution in [1.82, 2.24) is 0 Å². The fourth-order valence-electron chi connectivity index (χ4n) is 9.13. The normalized spacial score (nSPS) is 11.0. The van der Waals surface area contributed by atoms with Crippen LogP contribution in [0.5, 0.6) is 0 Å². The molecule has 0 aliphatic carbocycles. The number of benzene rings is 11. The molecule has 0 saturated heterocycles. The maximum atomic E-state index is 2.38. The molecule has 67 heavy (non-hydrogen) atoms. The summed E-state index contributed by atoms with van der Waals surface area (Å²) >= 11 is 0. The lowest BCUT2D eigenvalue weighted by Gasteiger charge is -2.27. The van der Waals surface area contributed by atoms with Crippen LogP contribution in [0.25, 0.3) is 89.0 Å². The van der Waals surface area contributed by atoms with Crippen molar-refractivity contribution in [2.75, 3.05) is 4.90 Å². The summed E-state index contributed by atoms with van der Waals surface area (Å²) in [7, 11) is 0. The van der Waals surface area contributed by atoms with Crippen molar-refractivity contribution >= 4 is 17.1 Å². The first kappa shape index (κ1) is 41.0. The summed E-state index contributed by atoms with van der Waals surface area (Å²) in [6.45, 7) is 0. The third-order valence-electron chi connectivity index (χ3n) is 12.8. The SMILES string of the molecule is c1ccc(-c2ccc(-c3ccc(-c4ccc(N(c5ccc(-c6ccc(-c7ccccc7)cc6)cc5)c5ccc(-c6ccc(-c7ccccc7)cc6)cc5)cc4-c4ccccc4)cc3)cc2)cc1. The minimum Gasteiger partial charge on any atom is -0.310 e. The molecule has 0 spiro atoms. The Bertz CT molecular complexity index is 3220. The highest BCUT2D eigenvalue weighted by molar-refractivity contribution is 5.90. The van der Waals surface area contributed by atoms with Gasteiger partial charge < -0.3 is 4.90 Å². The Labute approximate surface area is 394 Å². The van der Waals surface area contributed by atoms with E-state index < -0.39 is 0 Å². The van der Waals surface area contributed by atoms with E-state index in [0.717, 1.165) is 17.1 Å². The van der Waals surface area contributed by atoms with E-state index in [9.17, 15) is 0 Å². The number of hydrogen-bond acceptors (Lipinski definition) is 1. The molecule has 0 radical (unpaired) electrons. The van der Waals surface area contributed by atoms with Crippen LogP contribution < -0.4 is 4.90 Å². The third kappa shape index (κ3) is 8.87. The zero-order valence-corrected chi connectivity index (χ0v) is 37.1. The molecule has 0 aliphatic rings. The summed E-state index contributed by atoms with van der Waals surface area (Å²) in [6.07, 6.45) is 0. The fraction of sp³-hybridized carbons (Fsp3) is 0. The van der Waals surface area contributed by atoms with Crippen molar-refractivity contribution in [1.29, 1.82) is 0 Å². The summed E-state index contributed by atoms with van der Waals surface area (Å²) in [6, 6.07) is 103. The molecule has 1 nitrogen and oxygen atoms in total. The summed E-state index contributed by atoms with van der Waals surface area (Å²) in [5.41, 5.74) is 22.4. The Kier molecular flexibility index (Phi) is 11.5. The molecule has 11 rings (SSSR count). The first-order valence-corrected chi connectivity index (χ1v) is 23.0. The molecule has 0 bridgehead atoms. The quantitative estimate of drug-likeness (QED) is 0.125. The lowest BCUT2D eigenvalue weighted by molar-refractivity contribution is 1.28. The molecule has 0 fully saturated rings. The van der Waals surface area contributed by atoms with Gasteiger partial charge in [0, 0.05) is 17.1 Å². The van der Waals surface area contributed by atoms with E-state index in [1.54, 1.807) is 0 Å². The van der Waals surface area contributed by atoms with Crippen LogP contribution in [-0.2, 0) is 0 Å². The predicted molar refractivity (Wildman–Crippen MR) is 285 cm³/mol. The maximum absolute atomic E-state index is 2.38. The Morgan fingerprint density at radius 3 is 0.657 bits per heavy atom. The first-order valence-electron chi connectivity index (χ1n) is 23.0. The lowest BCUT2D eigenvalue weighted by atomic mass is 9.92. The van der Waals surface area contributed by atoms with Gasteiger partial charge in [-0.25, -0.2) is 0 Å². The van der Waals surface area contributed by atoms with Crippen LogP contribution in [0, 0.1) is 0 Å². The minimum absolute atomic E-state index is 1.08. The molecule has 11 aromatic carbocycles. The predicted octanol–water partition coefficient (Wildman–Crippen LogP) is 18.5. The molecule has 0 N–H and O–H groups in total. The van der Waals surface area contributed by atoms with Crippen LogP contribution in [-0.4, -0.2) is 0 Å². The standard InChI is InChI=1S/C66H47N/c1-5-13-48(14-6-1)51-21-27-54(28-22-51)57-33-35-61(36-34-57)65-46-45-64(47-66(65)60-19-11-4-12-20-60)67(62-41-37-58(38-42-62)55-29-23-52(24-30-55)49-15-7-2-8-16-49)63-43-39-59(40-44-63)56-31-25-53(26-32-56)50-17-9-3-10-18-50/h1-47H. The summed E-state index contributed by atoms with van der Waals surface area (Å²) < 4.78 is 0. The molecular weight excluding hydrogens is 807 g/mol. The Morgan fingerprint density at radius 1 is 0.149 bits per heavy atom. The molecule has 1 heteroatoms. The van der Waals surface area contributed by atoms with E-state index in [1.165, 1.54) is 89.0 Å². The zero-order chi connectivity index (χ0) is 44.8. The van der Waals surface area contributed by atoms with Gasteiger partial charge >= 0.3 is 0 Å². The van der Waals surface area contributed by atoms with Gasteiger partial charge in [0.05, 0.1) is 0 Å². The van der Waals surface area contributed by atoms with Crippen molar-refractivity contribution in [3.05, 3.63) is 285 Å². The third-order valence-corrected chi connectivity index (χ3v) is 12.8. The molecule has 0 aliphatic heterocycles. The molecule has 0 atom stereocenters. The van der Waals surface area contributed by atoms with Crippen LogP contribution in [0.1, 0.15) is 0 Å². The van der Waals surface area contributed by atoms with Gasteiger partial charge in [-0.1, -0.05) is 249 Å². The highest BCUT2D eigenvalue weighted by atomic mass is 15.1. The topological polar surface area (TPSA) is 3.24 Å². The highest BCUT2D eigenvalue weighted by Crippen LogP contribution is 2.42. The van der Waals surface area contributed by atoms with Crippen molar-refractivity contribution < 1.29 is 0 Å². The van der Waals surface area contributed by atoms with Gasteiger partial charge in [-0.05, 0) is 125 Å². The Hall–Kier alpha value is -8.78. The lowest BCUT2D eigenvalue weighted by Crippen LogP contribution is -2.10. The molecule has 0 saturated carbocycles. The highest BCUT2D eigenvalue weighted by Gasteiger charge is 2.18. The van der Waals surface area contributed by atoms with Crippen molar-refractivity contribution in [2.24, 2.45) is 0 Å². The second kappa shape index (κ2) is 18.7. The van der Waals surface area contributed by atoms with E-state index in [2.05, 4.69) is 290 Å². The fourth-order valence-corrected chi connectivity index (χ4v) is 9.13. The average molecular weight is 854 g/mol. The molecule has 11 aromatic rings. The van der Waals surface area contributed by atoms with Crippen LogP contribution in [0.3, 0.4) is 0 Å². The average Bonchev–Trinajstić information content (AvgIpc) is 3.42. The van der Waals surface area contributed by atoms with Crippen molar-refractivity contribution in [2.45, 2.75) is 0 Å². The van der Waals surface area contributed by atoms with Gasteiger partial charge in [0.2, 0.25) is 0 Å². The summed E-state index contributed by atoms with van der Waals surface area (Å²) in [4.78, 5) is 2.38. The van der Waals surface area contributed by atoms with Crippen LogP contribution in [0.2, 0.25) is 0 Å². The molecule has 0 unspecified atom stereocenters. The largest absolute Gasteiger partial charge is 0.310 e. The van der Waals surface area contributed by atoms with E-state index in [4.69, 9.17) is 0 Å². The number of nitrogens with zero attached hydrogens (tertiary/aromatic N) is 1. The monoisotopic (exact) mass is 853 g/mol. The van der Waals surface area contributed by atoms with Crippen LogP contribution in [0.15, 0.2) is 285 Å². The van der Waals surface area contributed by atoms with Gasteiger partial charge in [0.15, 0.2) is 0 Å². The molecule has 0 aromatic heterocycles. The van der Waals surface area contributed by atoms with Gasteiger partial charge in [0.25, 0.3) is 0 Å². The van der Waals surface area contributed by atoms with E-state index in [1.807, 2.05) is 0 Å². The van der Waals surface area contributed by atoms with Gasteiger partial charge in [0.1, 0.15) is 0 Å². The Morgan fingerprint density at radius 2 is 0.358 bits per heavy atom. The number of hydrogen-bond donors (Lipinski definition) is 0. The van der Waals surface area contributed by atoms with Gasteiger partial charge in [-0.3, -0.25) is 0 Å². The van der Waals surface area contributed by atoms with Gasteiger partial charge in [-0.15, -0.1) is 0 Å².